The number of likely N-dealkylation sites (N-methyl/N-ethyl adjacent to an activating group) is 1. The number of allylic oxidation sites excluding steroid dienone is 2. The van der Waals surface area contributed by atoms with Crippen molar-refractivity contribution in [3.05, 3.63) is 148 Å². The van der Waals surface area contributed by atoms with Crippen LogP contribution >= 0.6 is 0 Å². The van der Waals surface area contributed by atoms with Gasteiger partial charge < -0.3 is 4.90 Å². The number of hydrogen-bond acceptors (Lipinski definition) is 4. The molecule has 3 aromatic carbocycles. The summed E-state index contributed by atoms with van der Waals surface area (Å²) in [5.41, 5.74) is 11.4. The van der Waals surface area contributed by atoms with Crippen LogP contribution in [-0.2, 0) is 6.42 Å². The van der Waals surface area contributed by atoms with Crippen molar-refractivity contribution in [1.82, 2.24) is 19.7 Å². The highest BCUT2D eigenvalue weighted by Gasteiger charge is 2.23. The van der Waals surface area contributed by atoms with Crippen LogP contribution in [0, 0.1) is 32.1 Å². The zero-order chi connectivity index (χ0) is 29.1. The SMILES string of the molecule is C=CN(C)/C(=C\C)C(c1ccc(C)cc1)c1cc(C)c2nc(C#N)c(Cc3ccc(-n4cccn4)cc3)c(C)c2c1. The second-order valence-corrected chi connectivity index (χ2v) is 10.6. The van der Waals surface area contributed by atoms with Gasteiger partial charge in [-0.05, 0) is 91.5 Å². The molecule has 0 aliphatic heterocycles. The first-order valence-electron chi connectivity index (χ1n) is 13.9. The van der Waals surface area contributed by atoms with E-state index in [4.69, 9.17) is 4.98 Å². The molecule has 2 heterocycles. The van der Waals surface area contributed by atoms with Crippen molar-refractivity contribution >= 4 is 10.9 Å². The van der Waals surface area contributed by atoms with E-state index in [0.29, 0.717) is 12.1 Å². The number of benzene rings is 3. The van der Waals surface area contributed by atoms with Crippen molar-refractivity contribution in [2.24, 2.45) is 0 Å². The third-order valence-corrected chi connectivity index (χ3v) is 7.90. The summed E-state index contributed by atoms with van der Waals surface area (Å²) in [5.74, 6) is 0.0139. The predicted octanol–water partition coefficient (Wildman–Crippen LogP) is 7.92. The van der Waals surface area contributed by atoms with Gasteiger partial charge in [0.2, 0.25) is 0 Å². The fourth-order valence-corrected chi connectivity index (χ4v) is 5.60. The van der Waals surface area contributed by atoms with Crippen LogP contribution in [-0.4, -0.2) is 26.7 Å². The van der Waals surface area contributed by atoms with Crippen LogP contribution in [0.5, 0.6) is 0 Å². The van der Waals surface area contributed by atoms with Crippen molar-refractivity contribution in [3.63, 3.8) is 0 Å². The van der Waals surface area contributed by atoms with Gasteiger partial charge in [0.05, 0.1) is 11.2 Å². The minimum absolute atomic E-state index is 0.0139. The molecule has 1 atom stereocenters. The molecular weight excluding hydrogens is 502 g/mol. The van der Waals surface area contributed by atoms with Gasteiger partial charge in [0.1, 0.15) is 11.8 Å². The summed E-state index contributed by atoms with van der Waals surface area (Å²) in [6, 6.07) is 25.8. The minimum Gasteiger partial charge on any atom is -0.354 e. The highest BCUT2D eigenvalue weighted by Crippen LogP contribution is 2.37. The number of nitrogens with zero attached hydrogens (tertiary/aromatic N) is 5. The summed E-state index contributed by atoms with van der Waals surface area (Å²) < 4.78 is 1.84. The first-order chi connectivity index (χ1) is 19.8. The average Bonchev–Trinajstić information content (AvgIpc) is 3.53. The molecule has 2 aromatic heterocycles. The van der Waals surface area contributed by atoms with Crippen LogP contribution in [0.4, 0.5) is 0 Å². The van der Waals surface area contributed by atoms with Gasteiger partial charge in [-0.15, -0.1) is 0 Å². The summed E-state index contributed by atoms with van der Waals surface area (Å²) in [7, 11) is 2.04. The number of fused-ring (bicyclic) bond motifs is 1. The molecule has 0 saturated carbocycles. The molecule has 0 radical (unpaired) electrons. The van der Waals surface area contributed by atoms with Crippen molar-refractivity contribution in [3.8, 4) is 11.8 Å². The second-order valence-electron chi connectivity index (χ2n) is 10.6. The zero-order valence-corrected chi connectivity index (χ0v) is 24.4. The lowest BCUT2D eigenvalue weighted by Gasteiger charge is -2.28. The molecule has 41 heavy (non-hydrogen) atoms. The smallest absolute Gasteiger partial charge is 0.145 e. The summed E-state index contributed by atoms with van der Waals surface area (Å²) in [6.45, 7) is 12.4. The maximum absolute atomic E-state index is 10.1. The van der Waals surface area contributed by atoms with Gasteiger partial charge in [-0.25, -0.2) is 9.67 Å². The van der Waals surface area contributed by atoms with Crippen molar-refractivity contribution in [1.29, 1.82) is 5.26 Å². The van der Waals surface area contributed by atoms with Crippen LogP contribution in [0.3, 0.4) is 0 Å². The minimum atomic E-state index is 0.0139. The molecule has 5 aromatic rings. The third-order valence-electron chi connectivity index (χ3n) is 7.90. The van der Waals surface area contributed by atoms with Gasteiger partial charge >= 0.3 is 0 Å². The van der Waals surface area contributed by atoms with Crippen LogP contribution in [0.1, 0.15) is 57.5 Å². The molecule has 5 nitrogen and oxygen atoms in total. The van der Waals surface area contributed by atoms with Crippen LogP contribution in [0.15, 0.2) is 104 Å². The largest absolute Gasteiger partial charge is 0.354 e. The highest BCUT2D eigenvalue weighted by atomic mass is 15.3. The topological polar surface area (TPSA) is 57.7 Å². The van der Waals surface area contributed by atoms with Crippen molar-refractivity contribution in [2.75, 3.05) is 7.05 Å². The van der Waals surface area contributed by atoms with Gasteiger partial charge in [-0.1, -0.05) is 60.7 Å². The van der Waals surface area contributed by atoms with E-state index < -0.39 is 0 Å². The Hall–Kier alpha value is -4.95. The first kappa shape index (κ1) is 27.6. The van der Waals surface area contributed by atoms with Crippen molar-refractivity contribution < 1.29 is 0 Å². The normalized spacial score (nSPS) is 12.2. The number of pyridine rings is 1. The molecule has 0 amide bonds. The maximum atomic E-state index is 10.1. The summed E-state index contributed by atoms with van der Waals surface area (Å²) in [4.78, 5) is 6.98. The van der Waals surface area contributed by atoms with E-state index in [-0.39, 0.29) is 5.92 Å². The molecular formula is C36H35N5. The molecule has 0 fully saturated rings. The first-order valence-corrected chi connectivity index (χ1v) is 13.9. The van der Waals surface area contributed by atoms with Crippen LogP contribution < -0.4 is 0 Å². The Morgan fingerprint density at radius 3 is 2.39 bits per heavy atom. The number of nitriles is 1. The molecule has 204 valence electrons. The zero-order valence-electron chi connectivity index (χ0n) is 24.4. The van der Waals surface area contributed by atoms with Gasteiger partial charge in [0, 0.05) is 42.9 Å². The Kier molecular flexibility index (Phi) is 7.85. The second kappa shape index (κ2) is 11.7. The van der Waals surface area contributed by atoms with Gasteiger partial charge in [-0.3, -0.25) is 0 Å². The summed E-state index contributed by atoms with van der Waals surface area (Å²) >= 11 is 0. The van der Waals surface area contributed by atoms with Crippen LogP contribution in [0.25, 0.3) is 16.6 Å². The number of aromatic nitrogens is 3. The molecule has 1 unspecified atom stereocenters. The summed E-state index contributed by atoms with van der Waals surface area (Å²) in [6.07, 6.45) is 8.34. The number of hydrogen-bond donors (Lipinski definition) is 0. The molecule has 0 N–H and O–H groups in total. The van der Waals surface area contributed by atoms with E-state index in [9.17, 15) is 5.26 Å². The van der Waals surface area contributed by atoms with E-state index in [0.717, 1.165) is 44.5 Å². The van der Waals surface area contributed by atoms with E-state index in [1.165, 1.54) is 16.7 Å². The number of rotatable bonds is 8. The monoisotopic (exact) mass is 537 g/mol. The quantitative estimate of drug-likeness (QED) is 0.202. The average molecular weight is 538 g/mol. The van der Waals surface area contributed by atoms with Crippen LogP contribution in [0.2, 0.25) is 0 Å². The molecule has 0 bridgehead atoms. The fraction of sp³-hybridized carbons (Fsp3) is 0.194. The van der Waals surface area contributed by atoms with Gasteiger partial charge in [0.15, 0.2) is 0 Å². The standard InChI is InChI=1S/C36H35N5/c1-7-34(40(6)8-2)35(28-14-10-24(3)11-15-28)29-20-25(4)36-32(22-29)26(5)31(33(23-37)39-36)21-27-12-16-30(17-13-27)41-19-9-18-38-41/h7-20,22,35H,2,21H2,1,3-6H3/b34-7-. The van der Waals surface area contributed by atoms with E-state index in [1.54, 1.807) is 6.20 Å². The third kappa shape index (κ3) is 5.42. The van der Waals surface area contributed by atoms with Gasteiger partial charge in [-0.2, -0.15) is 10.4 Å². The number of aryl methyl sites for hydroxylation is 3. The maximum Gasteiger partial charge on any atom is 0.145 e. The Bertz CT molecular complexity index is 1770. The Balaban J connectivity index is 1.64. The predicted molar refractivity (Wildman–Crippen MR) is 167 cm³/mol. The highest BCUT2D eigenvalue weighted by molar-refractivity contribution is 5.88. The van der Waals surface area contributed by atoms with E-state index in [1.807, 2.05) is 30.2 Å². The molecule has 0 saturated heterocycles. The molecule has 5 heteroatoms. The van der Waals surface area contributed by atoms with E-state index >= 15 is 0 Å². The Morgan fingerprint density at radius 1 is 1.05 bits per heavy atom. The lowest BCUT2D eigenvalue weighted by Crippen LogP contribution is -2.18. The molecule has 5 rings (SSSR count). The summed E-state index contributed by atoms with van der Waals surface area (Å²) in [5, 5.41) is 15.5. The fourth-order valence-electron chi connectivity index (χ4n) is 5.60. The molecule has 0 aliphatic carbocycles. The lowest BCUT2D eigenvalue weighted by molar-refractivity contribution is 0.529. The van der Waals surface area contributed by atoms with Gasteiger partial charge in [0.25, 0.3) is 0 Å². The Labute approximate surface area is 242 Å². The van der Waals surface area contributed by atoms with E-state index in [2.05, 4.69) is 117 Å². The Morgan fingerprint density at radius 2 is 1.78 bits per heavy atom. The molecule has 0 spiro atoms. The lowest BCUT2D eigenvalue weighted by atomic mass is 9.84. The van der Waals surface area contributed by atoms with Crippen molar-refractivity contribution in [2.45, 2.75) is 40.0 Å². The molecule has 0 aliphatic rings.